The van der Waals surface area contributed by atoms with Crippen LogP contribution in [0.5, 0.6) is 0 Å². The number of nitrogens with two attached hydrogens (primary N) is 1. The van der Waals surface area contributed by atoms with Gasteiger partial charge in [-0.15, -0.1) is 0 Å². The van der Waals surface area contributed by atoms with E-state index in [1.807, 2.05) is 18.2 Å². The first kappa shape index (κ1) is 14.2. The highest BCUT2D eigenvalue weighted by Crippen LogP contribution is 2.15. The molecule has 0 aliphatic rings. The summed E-state index contributed by atoms with van der Waals surface area (Å²) < 4.78 is 5.73. The number of rotatable bonds is 8. The molecule has 0 saturated carbocycles. The molecule has 1 aromatic carbocycles. The molecule has 0 bridgehead atoms. The summed E-state index contributed by atoms with van der Waals surface area (Å²) in [6, 6.07) is 10.3. The number of benzene rings is 1. The van der Waals surface area contributed by atoms with E-state index in [2.05, 4.69) is 26.0 Å². The van der Waals surface area contributed by atoms with Crippen LogP contribution >= 0.6 is 0 Å². The fourth-order valence-electron chi connectivity index (χ4n) is 2.11. The van der Waals surface area contributed by atoms with Crippen LogP contribution in [0.4, 0.5) is 0 Å². The Morgan fingerprint density at radius 2 is 1.82 bits per heavy atom. The van der Waals surface area contributed by atoms with Gasteiger partial charge in [0.2, 0.25) is 0 Å². The third-order valence-electron chi connectivity index (χ3n) is 2.98. The van der Waals surface area contributed by atoms with Crippen LogP contribution in [0.1, 0.15) is 32.3 Å². The lowest BCUT2D eigenvalue weighted by atomic mass is 9.95. The molecule has 0 spiro atoms. The Morgan fingerprint density at radius 1 is 1.12 bits per heavy atom. The molecule has 0 radical (unpaired) electrons. The van der Waals surface area contributed by atoms with E-state index in [4.69, 9.17) is 10.5 Å². The maximum absolute atomic E-state index is 5.73. The fraction of sp³-hybridized carbons (Fsp3) is 0.600. The molecule has 1 rings (SSSR count). The molecule has 96 valence electrons. The van der Waals surface area contributed by atoms with Crippen LogP contribution in [0, 0.1) is 11.8 Å². The van der Waals surface area contributed by atoms with Crippen LogP contribution in [0.2, 0.25) is 0 Å². The van der Waals surface area contributed by atoms with Crippen LogP contribution in [0.15, 0.2) is 30.3 Å². The molecule has 2 N–H and O–H groups in total. The molecule has 0 saturated heterocycles. The van der Waals surface area contributed by atoms with E-state index in [1.54, 1.807) is 0 Å². The van der Waals surface area contributed by atoms with E-state index in [9.17, 15) is 0 Å². The lowest BCUT2D eigenvalue weighted by Crippen LogP contribution is -2.13. The molecule has 17 heavy (non-hydrogen) atoms. The van der Waals surface area contributed by atoms with Crippen molar-refractivity contribution in [1.82, 2.24) is 0 Å². The maximum Gasteiger partial charge on any atom is 0.0717 e. The van der Waals surface area contributed by atoms with Gasteiger partial charge < -0.3 is 10.5 Å². The summed E-state index contributed by atoms with van der Waals surface area (Å²) in [4.78, 5) is 0. The second kappa shape index (κ2) is 8.26. The molecule has 0 aromatic heterocycles. The molecule has 0 fully saturated rings. The highest BCUT2D eigenvalue weighted by Gasteiger charge is 2.08. The minimum absolute atomic E-state index is 0.611. The van der Waals surface area contributed by atoms with Gasteiger partial charge in [0, 0.05) is 6.61 Å². The third-order valence-corrected chi connectivity index (χ3v) is 2.98. The monoisotopic (exact) mass is 235 g/mol. The van der Waals surface area contributed by atoms with Crippen molar-refractivity contribution in [2.24, 2.45) is 17.6 Å². The van der Waals surface area contributed by atoms with Crippen LogP contribution < -0.4 is 5.73 Å². The Bertz CT molecular complexity index is 286. The standard InChI is InChI=1S/C15H25NO/c1-13(8-9-16)10-14(2)11-17-12-15-6-4-3-5-7-15/h3-7,13-14H,8-12,16H2,1-2H3/t13-,14-/m0/s1. The summed E-state index contributed by atoms with van der Waals surface area (Å²) in [5.41, 5.74) is 6.80. The predicted octanol–water partition coefficient (Wildman–Crippen LogP) is 3.21. The molecule has 1 aromatic rings. The van der Waals surface area contributed by atoms with Gasteiger partial charge in [-0.3, -0.25) is 0 Å². The topological polar surface area (TPSA) is 35.2 Å². The summed E-state index contributed by atoms with van der Waals surface area (Å²) in [5.74, 6) is 1.32. The van der Waals surface area contributed by atoms with Gasteiger partial charge in [0.15, 0.2) is 0 Å². The van der Waals surface area contributed by atoms with Crippen LogP contribution in [-0.4, -0.2) is 13.2 Å². The van der Waals surface area contributed by atoms with Crippen molar-refractivity contribution in [2.45, 2.75) is 33.3 Å². The van der Waals surface area contributed by atoms with E-state index >= 15 is 0 Å². The number of hydrogen-bond donors (Lipinski definition) is 1. The van der Waals surface area contributed by atoms with Crippen molar-refractivity contribution in [3.05, 3.63) is 35.9 Å². The highest BCUT2D eigenvalue weighted by molar-refractivity contribution is 5.13. The first-order valence-corrected chi connectivity index (χ1v) is 6.54. The lowest BCUT2D eigenvalue weighted by Gasteiger charge is -2.16. The Labute approximate surface area is 105 Å². The van der Waals surface area contributed by atoms with Gasteiger partial charge >= 0.3 is 0 Å². The SMILES string of the molecule is C[C@H](COCc1ccccc1)C[C@@H](C)CCN. The first-order valence-electron chi connectivity index (χ1n) is 6.54. The molecule has 0 aliphatic heterocycles. The van der Waals surface area contributed by atoms with Crippen molar-refractivity contribution in [1.29, 1.82) is 0 Å². The molecule has 2 nitrogen and oxygen atoms in total. The van der Waals surface area contributed by atoms with E-state index < -0.39 is 0 Å². The smallest absolute Gasteiger partial charge is 0.0717 e. The zero-order valence-electron chi connectivity index (χ0n) is 11.1. The van der Waals surface area contributed by atoms with Crippen molar-refractivity contribution >= 4 is 0 Å². The average molecular weight is 235 g/mol. The van der Waals surface area contributed by atoms with Crippen LogP contribution in [-0.2, 0) is 11.3 Å². The predicted molar refractivity (Wildman–Crippen MR) is 72.7 cm³/mol. The van der Waals surface area contributed by atoms with Gasteiger partial charge in [-0.25, -0.2) is 0 Å². The molecule has 2 heteroatoms. The fourth-order valence-corrected chi connectivity index (χ4v) is 2.11. The van der Waals surface area contributed by atoms with E-state index in [1.165, 1.54) is 12.0 Å². The van der Waals surface area contributed by atoms with Crippen LogP contribution in [0.25, 0.3) is 0 Å². The maximum atomic E-state index is 5.73. The Morgan fingerprint density at radius 3 is 2.47 bits per heavy atom. The van der Waals surface area contributed by atoms with Gasteiger partial charge in [0.05, 0.1) is 6.61 Å². The van der Waals surface area contributed by atoms with Gasteiger partial charge in [-0.05, 0) is 36.8 Å². The van der Waals surface area contributed by atoms with E-state index in [0.29, 0.717) is 11.8 Å². The summed E-state index contributed by atoms with van der Waals surface area (Å²) in [5, 5.41) is 0. The van der Waals surface area contributed by atoms with Gasteiger partial charge in [0.25, 0.3) is 0 Å². The molecule has 0 heterocycles. The summed E-state index contributed by atoms with van der Waals surface area (Å²) in [6.07, 6.45) is 2.31. The van der Waals surface area contributed by atoms with Gasteiger partial charge in [-0.1, -0.05) is 44.2 Å². The molecular formula is C15H25NO. The summed E-state index contributed by atoms with van der Waals surface area (Å²) >= 11 is 0. The quantitative estimate of drug-likeness (QED) is 0.751. The second-order valence-electron chi connectivity index (χ2n) is 5.02. The van der Waals surface area contributed by atoms with Gasteiger partial charge in [-0.2, -0.15) is 0 Å². The Balaban J connectivity index is 2.14. The van der Waals surface area contributed by atoms with E-state index in [0.717, 1.165) is 26.2 Å². The Hall–Kier alpha value is -0.860. The van der Waals surface area contributed by atoms with Crippen LogP contribution in [0.3, 0.4) is 0 Å². The Kier molecular flexibility index (Phi) is 6.90. The minimum Gasteiger partial charge on any atom is -0.376 e. The second-order valence-corrected chi connectivity index (χ2v) is 5.02. The molecular weight excluding hydrogens is 210 g/mol. The summed E-state index contributed by atoms with van der Waals surface area (Å²) in [7, 11) is 0. The highest BCUT2D eigenvalue weighted by atomic mass is 16.5. The molecule has 0 unspecified atom stereocenters. The first-order chi connectivity index (χ1) is 8.22. The number of hydrogen-bond acceptors (Lipinski definition) is 2. The minimum atomic E-state index is 0.611. The van der Waals surface area contributed by atoms with Crippen molar-refractivity contribution in [3.8, 4) is 0 Å². The molecule has 0 amide bonds. The van der Waals surface area contributed by atoms with Gasteiger partial charge in [0.1, 0.15) is 0 Å². The van der Waals surface area contributed by atoms with Crippen molar-refractivity contribution in [2.75, 3.05) is 13.2 Å². The zero-order chi connectivity index (χ0) is 12.5. The molecule has 0 aliphatic carbocycles. The average Bonchev–Trinajstić information content (AvgIpc) is 2.30. The normalized spacial score (nSPS) is 14.5. The largest absolute Gasteiger partial charge is 0.376 e. The third kappa shape index (κ3) is 6.44. The van der Waals surface area contributed by atoms with Crippen molar-refractivity contribution in [3.63, 3.8) is 0 Å². The van der Waals surface area contributed by atoms with Crippen molar-refractivity contribution < 1.29 is 4.74 Å². The lowest BCUT2D eigenvalue weighted by molar-refractivity contribution is 0.0845. The molecule has 2 atom stereocenters. The summed E-state index contributed by atoms with van der Waals surface area (Å²) in [6.45, 7) is 6.86. The van der Waals surface area contributed by atoms with E-state index in [-0.39, 0.29) is 0 Å². The zero-order valence-corrected chi connectivity index (χ0v) is 11.1. The number of ether oxygens (including phenoxy) is 1.